The molecule has 0 spiro atoms. The van der Waals surface area contributed by atoms with Crippen LogP contribution in [0.4, 0.5) is 5.69 Å². The number of hydrogen-bond acceptors (Lipinski definition) is 4. The van der Waals surface area contributed by atoms with E-state index in [1.165, 1.54) is 114 Å². The normalized spacial score (nSPS) is 13.3. The highest BCUT2D eigenvalue weighted by molar-refractivity contribution is 14.0. The minimum absolute atomic E-state index is 0. The molecule has 0 bridgehead atoms. The Morgan fingerprint density at radius 1 is 0.574 bits per heavy atom. The molecule has 2 heterocycles. The average Bonchev–Trinajstić information content (AvgIpc) is 3.04. The molecule has 0 aromatic heterocycles. The number of thiol groups is 1. The number of nitrogens with zero attached hydrogens (tertiary/aromatic N) is 1. The van der Waals surface area contributed by atoms with Crippen LogP contribution in [0, 0.1) is 41.5 Å². The second-order valence-corrected chi connectivity index (χ2v) is 13.6. The van der Waals surface area contributed by atoms with Gasteiger partial charge in [-0.2, -0.15) is 0 Å². The third kappa shape index (κ3) is 16.8. The van der Waals surface area contributed by atoms with Crippen LogP contribution in [0.15, 0.2) is 99.6 Å². The second kappa shape index (κ2) is 25.1. The highest BCUT2D eigenvalue weighted by atomic mass is 127. The minimum atomic E-state index is 0. The fourth-order valence-electron chi connectivity index (χ4n) is 5.24. The van der Waals surface area contributed by atoms with Gasteiger partial charge in [0.1, 0.15) is 0 Å². The van der Waals surface area contributed by atoms with Gasteiger partial charge in [0, 0.05) is 29.2 Å². The van der Waals surface area contributed by atoms with Crippen molar-refractivity contribution in [1.29, 1.82) is 0 Å². The summed E-state index contributed by atoms with van der Waals surface area (Å²) < 4.78 is 0. The first-order chi connectivity index (χ1) is 21.2. The van der Waals surface area contributed by atoms with Gasteiger partial charge >= 0.3 is 0 Å². The molecule has 0 amide bonds. The molecule has 0 radical (unpaired) electrons. The minimum Gasteiger partial charge on any atom is -0.371 e. The number of nitrogens with one attached hydrogen (secondary N) is 1. The Hall–Kier alpha value is -1.93. The molecule has 2 aliphatic heterocycles. The summed E-state index contributed by atoms with van der Waals surface area (Å²) in [5, 5.41) is 3.28. The van der Waals surface area contributed by atoms with E-state index in [1.54, 1.807) is 0 Å². The summed E-state index contributed by atoms with van der Waals surface area (Å²) in [4.78, 5) is 6.37. The highest BCUT2D eigenvalue weighted by Gasteiger charge is 2.15. The first-order valence-corrected chi connectivity index (χ1v) is 17.6. The van der Waals surface area contributed by atoms with Crippen molar-refractivity contribution >= 4 is 54.1 Å². The zero-order valence-corrected chi connectivity index (χ0v) is 32.4. The van der Waals surface area contributed by atoms with Gasteiger partial charge in [-0.15, -0.1) is 36.6 Å². The largest absolute Gasteiger partial charge is 0.371 e. The van der Waals surface area contributed by atoms with Crippen LogP contribution in [0.3, 0.4) is 0 Å². The van der Waals surface area contributed by atoms with E-state index >= 15 is 0 Å². The van der Waals surface area contributed by atoms with Crippen LogP contribution in [-0.4, -0.2) is 26.2 Å². The lowest BCUT2D eigenvalue weighted by atomic mass is 10.1. The van der Waals surface area contributed by atoms with Crippen molar-refractivity contribution < 1.29 is 1.43 Å². The first kappa shape index (κ1) is 45.1. The monoisotopic (exact) mass is 789 g/mol. The van der Waals surface area contributed by atoms with Crippen molar-refractivity contribution in [2.75, 3.05) is 31.1 Å². The quantitative estimate of drug-likeness (QED) is 0.159. The molecule has 2 fully saturated rings. The SMILES string of the molecule is C.C.C1CCNCC1.Cc1ccc(S)c(C)c1.Cc1ccc(Sc2ccccc2N2CCCCC2)c(C)c1.Cc1ccccc1C.I.[2HH]. The highest BCUT2D eigenvalue weighted by Crippen LogP contribution is 2.37. The molecule has 262 valence electrons. The van der Waals surface area contributed by atoms with Gasteiger partial charge < -0.3 is 10.2 Å². The Kier molecular flexibility index (Phi) is 24.1. The molecule has 2 saturated heterocycles. The molecule has 0 atom stereocenters. The Morgan fingerprint density at radius 3 is 1.55 bits per heavy atom. The number of para-hydroxylation sites is 1. The van der Waals surface area contributed by atoms with Gasteiger partial charge in [0.15, 0.2) is 0 Å². The predicted molar refractivity (Wildman–Crippen MR) is 229 cm³/mol. The summed E-state index contributed by atoms with van der Waals surface area (Å²) >= 11 is 6.15. The summed E-state index contributed by atoms with van der Waals surface area (Å²) in [6.07, 6.45) is 8.24. The van der Waals surface area contributed by atoms with E-state index in [2.05, 4.69) is 143 Å². The molecule has 0 unspecified atom stereocenters. The van der Waals surface area contributed by atoms with Crippen molar-refractivity contribution in [2.24, 2.45) is 0 Å². The topological polar surface area (TPSA) is 15.3 Å². The number of rotatable bonds is 3. The van der Waals surface area contributed by atoms with Crippen molar-refractivity contribution in [3.05, 3.63) is 118 Å². The third-order valence-electron chi connectivity index (χ3n) is 8.10. The van der Waals surface area contributed by atoms with Gasteiger partial charge in [0.05, 0.1) is 5.69 Å². The molecule has 2 aliphatic rings. The van der Waals surface area contributed by atoms with E-state index in [0.29, 0.717) is 0 Å². The summed E-state index contributed by atoms with van der Waals surface area (Å²) in [6, 6.07) is 30.1. The van der Waals surface area contributed by atoms with Gasteiger partial charge in [0.2, 0.25) is 0 Å². The van der Waals surface area contributed by atoms with E-state index < -0.39 is 0 Å². The van der Waals surface area contributed by atoms with E-state index in [-0.39, 0.29) is 40.3 Å². The molecule has 4 aromatic rings. The fourth-order valence-corrected chi connectivity index (χ4v) is 6.42. The Morgan fingerprint density at radius 2 is 1.09 bits per heavy atom. The molecule has 0 saturated carbocycles. The zero-order valence-electron chi connectivity index (χ0n) is 28.4. The summed E-state index contributed by atoms with van der Waals surface area (Å²) in [5.74, 6) is 0. The van der Waals surface area contributed by atoms with Crippen LogP contribution in [-0.2, 0) is 0 Å². The molecular formula is C42H65IN2S2. The molecule has 0 aliphatic carbocycles. The maximum atomic E-state index is 4.25. The number of benzene rings is 4. The maximum Gasteiger partial charge on any atom is 0.0508 e. The van der Waals surface area contributed by atoms with Crippen molar-refractivity contribution in [2.45, 2.75) is 110 Å². The summed E-state index contributed by atoms with van der Waals surface area (Å²) in [6.45, 7) is 17.6. The van der Waals surface area contributed by atoms with E-state index in [1.807, 2.05) is 17.8 Å². The van der Waals surface area contributed by atoms with Crippen molar-refractivity contribution in [1.82, 2.24) is 5.32 Å². The van der Waals surface area contributed by atoms with Crippen LogP contribution in [0.5, 0.6) is 0 Å². The van der Waals surface area contributed by atoms with Crippen LogP contribution in [0.1, 0.15) is 88.2 Å². The van der Waals surface area contributed by atoms with Crippen LogP contribution >= 0.6 is 48.4 Å². The van der Waals surface area contributed by atoms with Gasteiger partial charge in [-0.05, 0) is 133 Å². The standard InChI is InChI=1S/C19H23NS.C8H10S.C8H10.C5H11N.2CH4.HI.H2/c1-15-10-11-18(16(2)14-15)21-19-9-5-4-8-17(19)20-12-6-3-7-13-20;1-6-3-4-8(9)7(2)5-6;1-7-5-3-4-6-8(7)2;1-2-4-6-5-3-1;;;;/h4-5,8-11,14H,3,6-7,12-13H2,1-2H3;3-5,9H,1-2H3;3-6H,1-2H3;6H,1-5H2;2*1H4;2*1H/i;;;;;;;1+1. The Labute approximate surface area is 317 Å². The van der Waals surface area contributed by atoms with Gasteiger partial charge in [-0.25, -0.2) is 0 Å². The third-order valence-corrected chi connectivity index (χ3v) is 9.84. The van der Waals surface area contributed by atoms with Crippen molar-refractivity contribution in [3.63, 3.8) is 0 Å². The van der Waals surface area contributed by atoms with Gasteiger partial charge in [-0.3, -0.25) is 0 Å². The molecular weight excluding hydrogens is 724 g/mol. The molecule has 6 rings (SSSR count). The van der Waals surface area contributed by atoms with Gasteiger partial charge in [0.25, 0.3) is 0 Å². The predicted octanol–water partition coefficient (Wildman–Crippen LogP) is 13.2. The number of halogens is 1. The lowest BCUT2D eigenvalue weighted by molar-refractivity contribution is 0.520. The molecule has 4 aromatic carbocycles. The Balaban J connectivity index is 0. The fraction of sp³-hybridized carbons (Fsp3) is 0.429. The van der Waals surface area contributed by atoms with Crippen molar-refractivity contribution in [3.8, 4) is 0 Å². The number of piperidine rings is 2. The maximum absolute atomic E-state index is 4.25. The van der Waals surface area contributed by atoms with Crippen LogP contribution in [0.25, 0.3) is 0 Å². The van der Waals surface area contributed by atoms with Crippen LogP contribution < -0.4 is 10.2 Å². The first-order valence-electron chi connectivity index (χ1n) is 16.3. The zero-order chi connectivity index (χ0) is 31.7. The lowest BCUT2D eigenvalue weighted by Crippen LogP contribution is -2.29. The summed E-state index contributed by atoms with van der Waals surface area (Å²) in [7, 11) is 0. The summed E-state index contributed by atoms with van der Waals surface area (Å²) in [5.41, 5.74) is 9.39. The van der Waals surface area contributed by atoms with Gasteiger partial charge in [-0.1, -0.05) is 105 Å². The number of hydrogen-bond donors (Lipinski definition) is 2. The Bertz CT molecular complexity index is 1390. The number of anilines is 1. The molecule has 5 heteroatoms. The average molecular weight is 790 g/mol. The van der Waals surface area contributed by atoms with E-state index in [9.17, 15) is 0 Å². The number of aryl methyl sites for hydroxylation is 6. The van der Waals surface area contributed by atoms with E-state index in [0.717, 1.165) is 4.90 Å². The smallest absolute Gasteiger partial charge is 0.0508 e. The van der Waals surface area contributed by atoms with E-state index in [4.69, 9.17) is 0 Å². The molecule has 47 heavy (non-hydrogen) atoms. The van der Waals surface area contributed by atoms with Crippen LogP contribution in [0.2, 0.25) is 0 Å². The lowest BCUT2D eigenvalue weighted by Gasteiger charge is -2.30. The molecule has 2 nitrogen and oxygen atoms in total. The molecule has 1 N–H and O–H groups in total. The second-order valence-electron chi connectivity index (χ2n) is 12.1.